The van der Waals surface area contributed by atoms with Crippen LogP contribution in [0.5, 0.6) is 5.75 Å². The van der Waals surface area contributed by atoms with Gasteiger partial charge in [-0.25, -0.2) is 4.39 Å². The molecule has 0 amide bonds. The summed E-state index contributed by atoms with van der Waals surface area (Å²) in [5.41, 5.74) is 1.54. The van der Waals surface area contributed by atoms with E-state index in [1.54, 1.807) is 23.9 Å². The normalized spacial score (nSPS) is 12.5. The van der Waals surface area contributed by atoms with E-state index in [2.05, 4.69) is 5.10 Å². The zero-order valence-electron chi connectivity index (χ0n) is 10.5. The number of aliphatic hydroxyl groups is 1. The second-order valence-corrected chi connectivity index (χ2v) is 4.12. The number of rotatable bonds is 3. The molecule has 1 unspecified atom stereocenters. The number of methoxy groups -OCH3 is 1. The maximum Gasteiger partial charge on any atom is 0.133 e. The summed E-state index contributed by atoms with van der Waals surface area (Å²) >= 11 is 0. The molecule has 0 aliphatic rings. The molecule has 0 saturated carbocycles. The molecule has 0 spiro atoms. The van der Waals surface area contributed by atoms with Crippen LogP contribution in [-0.4, -0.2) is 22.0 Å². The first-order chi connectivity index (χ1) is 8.52. The molecular weight excluding hydrogens is 235 g/mol. The minimum Gasteiger partial charge on any atom is -0.497 e. The number of hydrogen-bond acceptors (Lipinski definition) is 3. The van der Waals surface area contributed by atoms with Crippen LogP contribution in [-0.2, 0) is 7.05 Å². The van der Waals surface area contributed by atoms with Crippen LogP contribution in [0.15, 0.2) is 24.3 Å². The van der Waals surface area contributed by atoms with Crippen molar-refractivity contribution in [3.05, 3.63) is 47.0 Å². The van der Waals surface area contributed by atoms with Gasteiger partial charge in [-0.05, 0) is 25.1 Å². The van der Waals surface area contributed by atoms with Crippen LogP contribution < -0.4 is 4.74 Å². The molecular formula is C13H15FN2O2. The Balaban J connectivity index is 2.39. The summed E-state index contributed by atoms with van der Waals surface area (Å²) in [6.45, 7) is 1.82. The number of halogens is 1. The van der Waals surface area contributed by atoms with E-state index in [1.807, 2.05) is 6.92 Å². The highest BCUT2D eigenvalue weighted by Gasteiger charge is 2.19. The highest BCUT2D eigenvalue weighted by atomic mass is 19.1. The van der Waals surface area contributed by atoms with Gasteiger partial charge in [0, 0.05) is 18.7 Å². The average Bonchev–Trinajstić information content (AvgIpc) is 2.67. The van der Waals surface area contributed by atoms with Gasteiger partial charge in [0.05, 0.1) is 18.5 Å². The third-order valence-electron chi connectivity index (χ3n) is 2.82. The zero-order chi connectivity index (χ0) is 13.3. The highest BCUT2D eigenvalue weighted by molar-refractivity contribution is 5.33. The molecule has 0 saturated heterocycles. The van der Waals surface area contributed by atoms with Gasteiger partial charge in [0.1, 0.15) is 17.7 Å². The van der Waals surface area contributed by atoms with Gasteiger partial charge in [-0.1, -0.05) is 0 Å². The summed E-state index contributed by atoms with van der Waals surface area (Å²) in [4.78, 5) is 0. The maximum atomic E-state index is 13.8. The molecule has 1 heterocycles. The fourth-order valence-electron chi connectivity index (χ4n) is 1.90. The molecule has 4 nitrogen and oxygen atoms in total. The van der Waals surface area contributed by atoms with Crippen molar-refractivity contribution in [1.82, 2.24) is 9.78 Å². The third-order valence-corrected chi connectivity index (χ3v) is 2.82. The SMILES string of the molecule is COc1ccc(C(O)c2cc(C)nn2C)c(F)c1. The number of hydrogen-bond donors (Lipinski definition) is 1. The molecule has 0 fully saturated rings. The average molecular weight is 250 g/mol. The van der Waals surface area contributed by atoms with Crippen molar-refractivity contribution < 1.29 is 14.2 Å². The van der Waals surface area contributed by atoms with Crippen molar-refractivity contribution in [3.8, 4) is 5.75 Å². The number of nitrogens with zero attached hydrogens (tertiary/aromatic N) is 2. The largest absolute Gasteiger partial charge is 0.497 e. The van der Waals surface area contributed by atoms with E-state index in [0.717, 1.165) is 5.69 Å². The molecule has 5 heteroatoms. The lowest BCUT2D eigenvalue weighted by Crippen LogP contribution is -2.08. The first-order valence-electron chi connectivity index (χ1n) is 5.55. The van der Waals surface area contributed by atoms with Crippen LogP contribution in [0, 0.1) is 12.7 Å². The van der Waals surface area contributed by atoms with E-state index in [0.29, 0.717) is 11.4 Å². The summed E-state index contributed by atoms with van der Waals surface area (Å²) in [6.07, 6.45) is -1.04. The molecule has 1 atom stereocenters. The lowest BCUT2D eigenvalue weighted by molar-refractivity contribution is 0.204. The predicted molar refractivity (Wildman–Crippen MR) is 65.0 cm³/mol. The number of benzene rings is 1. The Labute approximate surface area is 105 Å². The Morgan fingerprint density at radius 2 is 2.11 bits per heavy atom. The van der Waals surface area contributed by atoms with Crippen LogP contribution >= 0.6 is 0 Å². The van der Waals surface area contributed by atoms with Crippen molar-refractivity contribution in [3.63, 3.8) is 0 Å². The molecule has 1 aromatic carbocycles. The molecule has 0 aliphatic carbocycles. The summed E-state index contributed by atoms with van der Waals surface area (Å²) in [5, 5.41) is 14.3. The first kappa shape index (κ1) is 12.6. The standard InChI is InChI=1S/C13H15FN2O2/c1-8-6-12(16(2)15-8)13(17)10-5-4-9(18-3)7-11(10)14/h4-7,13,17H,1-3H3. The number of aryl methyl sites for hydroxylation is 2. The number of aliphatic hydroxyl groups excluding tert-OH is 1. The lowest BCUT2D eigenvalue weighted by atomic mass is 10.1. The molecule has 0 bridgehead atoms. The topological polar surface area (TPSA) is 47.3 Å². The van der Waals surface area contributed by atoms with Gasteiger partial charge < -0.3 is 9.84 Å². The quantitative estimate of drug-likeness (QED) is 0.905. The molecule has 1 aromatic heterocycles. The van der Waals surface area contributed by atoms with Crippen LogP contribution in [0.2, 0.25) is 0 Å². The van der Waals surface area contributed by atoms with Crippen molar-refractivity contribution in [1.29, 1.82) is 0 Å². The van der Waals surface area contributed by atoms with Crippen LogP contribution in [0.25, 0.3) is 0 Å². The van der Waals surface area contributed by atoms with Gasteiger partial charge >= 0.3 is 0 Å². The van der Waals surface area contributed by atoms with Gasteiger partial charge in [0.2, 0.25) is 0 Å². The monoisotopic (exact) mass is 250 g/mol. The lowest BCUT2D eigenvalue weighted by Gasteiger charge is -2.13. The van der Waals surface area contributed by atoms with Crippen LogP contribution in [0.3, 0.4) is 0 Å². The van der Waals surface area contributed by atoms with Gasteiger partial charge in [-0.3, -0.25) is 4.68 Å². The van der Waals surface area contributed by atoms with Gasteiger partial charge in [0.25, 0.3) is 0 Å². The third kappa shape index (κ3) is 2.22. The van der Waals surface area contributed by atoms with E-state index in [-0.39, 0.29) is 5.56 Å². The highest BCUT2D eigenvalue weighted by Crippen LogP contribution is 2.26. The summed E-state index contributed by atoms with van der Waals surface area (Å²) in [7, 11) is 3.18. The summed E-state index contributed by atoms with van der Waals surface area (Å²) < 4.78 is 20.3. The second-order valence-electron chi connectivity index (χ2n) is 4.12. The Bertz CT molecular complexity index is 566. The molecule has 2 rings (SSSR count). The smallest absolute Gasteiger partial charge is 0.133 e. The minimum absolute atomic E-state index is 0.207. The molecule has 1 N–H and O–H groups in total. The predicted octanol–water partition coefficient (Wildman–Crippen LogP) is 1.96. The zero-order valence-corrected chi connectivity index (χ0v) is 10.5. The molecule has 0 radical (unpaired) electrons. The summed E-state index contributed by atoms with van der Waals surface area (Å²) in [5.74, 6) is -0.0784. The molecule has 18 heavy (non-hydrogen) atoms. The van der Waals surface area contributed by atoms with Crippen molar-refractivity contribution in [2.45, 2.75) is 13.0 Å². The Morgan fingerprint density at radius 1 is 1.39 bits per heavy atom. The number of aromatic nitrogens is 2. The van der Waals surface area contributed by atoms with Crippen molar-refractivity contribution in [2.24, 2.45) is 7.05 Å². The van der Waals surface area contributed by atoms with Crippen LogP contribution in [0.1, 0.15) is 23.1 Å². The maximum absolute atomic E-state index is 13.8. The molecule has 96 valence electrons. The minimum atomic E-state index is -1.04. The van der Waals surface area contributed by atoms with Gasteiger partial charge in [0.15, 0.2) is 0 Å². The van der Waals surface area contributed by atoms with E-state index in [4.69, 9.17) is 4.74 Å². The van der Waals surface area contributed by atoms with Gasteiger partial charge in [-0.2, -0.15) is 5.10 Å². The molecule has 0 aliphatic heterocycles. The van der Waals surface area contributed by atoms with Crippen molar-refractivity contribution in [2.75, 3.05) is 7.11 Å². The van der Waals surface area contributed by atoms with E-state index in [9.17, 15) is 9.50 Å². The van der Waals surface area contributed by atoms with Gasteiger partial charge in [-0.15, -0.1) is 0 Å². The van der Waals surface area contributed by atoms with Crippen LogP contribution in [0.4, 0.5) is 4.39 Å². The first-order valence-corrected chi connectivity index (χ1v) is 5.55. The molecule has 2 aromatic rings. The van der Waals surface area contributed by atoms with E-state index in [1.165, 1.54) is 19.2 Å². The fraction of sp³-hybridized carbons (Fsp3) is 0.308. The number of ether oxygens (including phenoxy) is 1. The fourth-order valence-corrected chi connectivity index (χ4v) is 1.90. The Kier molecular flexibility index (Phi) is 3.34. The van der Waals surface area contributed by atoms with E-state index < -0.39 is 11.9 Å². The summed E-state index contributed by atoms with van der Waals surface area (Å²) in [6, 6.07) is 6.11. The van der Waals surface area contributed by atoms with Crippen molar-refractivity contribution >= 4 is 0 Å². The Hall–Kier alpha value is -1.88. The Morgan fingerprint density at radius 3 is 2.61 bits per heavy atom. The van der Waals surface area contributed by atoms with E-state index >= 15 is 0 Å². The second kappa shape index (κ2) is 4.78.